The third kappa shape index (κ3) is 10.1. The molecule has 1 aliphatic heterocycles. The van der Waals surface area contributed by atoms with E-state index in [-0.39, 0.29) is 37.0 Å². The van der Waals surface area contributed by atoms with Crippen molar-refractivity contribution in [3.63, 3.8) is 0 Å². The van der Waals surface area contributed by atoms with Crippen LogP contribution in [0.5, 0.6) is 5.75 Å². The molecule has 1 heterocycles. The molecule has 0 amide bonds. The van der Waals surface area contributed by atoms with Crippen LogP contribution in [0.4, 0.5) is 0 Å². The number of rotatable bonds is 9. The molecule has 1 saturated heterocycles. The smallest absolute Gasteiger partial charge is 0.340 e. The van der Waals surface area contributed by atoms with Crippen molar-refractivity contribution in [1.82, 2.24) is 0 Å². The maximum absolute atomic E-state index is 14.1. The minimum Gasteiger partial charge on any atom is -0.497 e. The van der Waals surface area contributed by atoms with Crippen molar-refractivity contribution in [3.05, 3.63) is 61.5 Å². The van der Waals surface area contributed by atoms with Crippen LogP contribution >= 0.6 is 81.2 Å². The molecule has 0 spiro atoms. The zero-order valence-electron chi connectivity index (χ0n) is 24.5. The average Bonchev–Trinajstić information content (AvgIpc) is 2.93. The molecule has 2 aromatic carbocycles. The van der Waals surface area contributed by atoms with Crippen molar-refractivity contribution in [2.24, 2.45) is 0 Å². The van der Waals surface area contributed by atoms with Crippen LogP contribution in [0.1, 0.15) is 38.0 Å². The molecule has 6 atom stereocenters. The summed E-state index contributed by atoms with van der Waals surface area (Å²) in [5, 5.41) is 8.30. The second kappa shape index (κ2) is 16.3. The Morgan fingerprint density at radius 1 is 0.787 bits per heavy atom. The summed E-state index contributed by atoms with van der Waals surface area (Å²) < 4.78 is 35.7. The summed E-state index contributed by atoms with van der Waals surface area (Å²) in [5.74, 6) is -4.93. The van der Waals surface area contributed by atoms with E-state index in [1.807, 2.05) is 0 Å². The molecular formula is C28H24Cl7NO11. The number of methoxy groups -OCH3 is 1. The minimum absolute atomic E-state index is 0.00990. The van der Waals surface area contributed by atoms with Crippen LogP contribution in [-0.4, -0.2) is 71.4 Å². The fourth-order valence-corrected chi connectivity index (χ4v) is 5.65. The molecule has 1 aliphatic rings. The number of carbonyl (C=O) groups excluding carboxylic acids is 4. The van der Waals surface area contributed by atoms with E-state index in [0.717, 1.165) is 20.8 Å². The minimum atomic E-state index is -2.46. The normalized spacial score (nSPS) is 21.6. The van der Waals surface area contributed by atoms with E-state index in [2.05, 4.69) is 0 Å². The summed E-state index contributed by atoms with van der Waals surface area (Å²) in [5.41, 5.74) is 0.199. The maximum atomic E-state index is 14.1. The van der Waals surface area contributed by atoms with Gasteiger partial charge in [0.05, 0.1) is 17.2 Å². The predicted octanol–water partition coefficient (Wildman–Crippen LogP) is 6.83. The average molecular weight is 799 g/mol. The zero-order valence-corrected chi connectivity index (χ0v) is 29.8. The number of carbonyl (C=O) groups is 4. The van der Waals surface area contributed by atoms with E-state index in [9.17, 15) is 19.2 Å². The highest BCUT2D eigenvalue weighted by Crippen LogP contribution is 2.43. The Bertz CT molecular complexity index is 1530. The summed E-state index contributed by atoms with van der Waals surface area (Å²) in [6, 6.07) is 7.07. The predicted molar refractivity (Wildman–Crippen MR) is 172 cm³/mol. The monoisotopic (exact) mass is 795 g/mol. The Hall–Kier alpha value is -2.42. The number of benzene rings is 2. The van der Waals surface area contributed by atoms with E-state index < -0.39 is 70.4 Å². The van der Waals surface area contributed by atoms with Crippen LogP contribution in [0.15, 0.2) is 30.3 Å². The zero-order chi connectivity index (χ0) is 35.4. The van der Waals surface area contributed by atoms with Gasteiger partial charge >= 0.3 is 23.9 Å². The highest BCUT2D eigenvalue weighted by molar-refractivity contribution is 6.76. The van der Waals surface area contributed by atoms with Gasteiger partial charge in [-0.05, 0) is 24.3 Å². The van der Waals surface area contributed by atoms with Gasteiger partial charge in [0.15, 0.2) is 24.4 Å². The largest absolute Gasteiger partial charge is 0.497 e. The van der Waals surface area contributed by atoms with Crippen molar-refractivity contribution in [1.29, 1.82) is 5.41 Å². The molecular weight excluding hydrogens is 774 g/mol. The number of hydrogen-bond donors (Lipinski definition) is 1. The number of esters is 4. The summed E-state index contributed by atoms with van der Waals surface area (Å²) in [4.78, 5) is 50.6. The van der Waals surface area contributed by atoms with Gasteiger partial charge < -0.3 is 33.2 Å². The van der Waals surface area contributed by atoms with Gasteiger partial charge in [0.25, 0.3) is 3.79 Å². The van der Waals surface area contributed by atoms with E-state index in [0.29, 0.717) is 0 Å². The molecule has 19 heteroatoms. The topological polar surface area (TPSA) is 157 Å². The number of nitrogens with one attached hydrogen (secondary N) is 1. The Balaban J connectivity index is 2.20. The third-order valence-electron chi connectivity index (χ3n) is 6.15. The van der Waals surface area contributed by atoms with Gasteiger partial charge in [-0.15, -0.1) is 0 Å². The van der Waals surface area contributed by atoms with E-state index in [4.69, 9.17) is 120 Å². The third-order valence-corrected chi connectivity index (χ3v) is 7.86. The van der Waals surface area contributed by atoms with Gasteiger partial charge in [-0.25, -0.2) is 4.79 Å². The molecule has 0 radical (unpaired) electrons. The van der Waals surface area contributed by atoms with E-state index in [1.54, 1.807) is 0 Å². The quantitative estimate of drug-likeness (QED) is 0.0933. The number of alkyl halides is 3. The first kappa shape index (κ1) is 39.0. The number of halogens is 7. The molecule has 0 saturated carbocycles. The Labute approximate surface area is 303 Å². The van der Waals surface area contributed by atoms with Crippen LogP contribution in [0.3, 0.4) is 0 Å². The Morgan fingerprint density at radius 2 is 1.32 bits per heavy atom. The fourth-order valence-electron chi connectivity index (χ4n) is 4.35. The van der Waals surface area contributed by atoms with Crippen LogP contribution in [0.2, 0.25) is 20.1 Å². The highest BCUT2D eigenvalue weighted by Gasteiger charge is 2.57. The Morgan fingerprint density at radius 3 is 1.81 bits per heavy atom. The van der Waals surface area contributed by atoms with Crippen molar-refractivity contribution in [2.75, 3.05) is 7.11 Å². The molecule has 1 unspecified atom stereocenters. The van der Waals surface area contributed by atoms with E-state index >= 15 is 0 Å². The van der Waals surface area contributed by atoms with Gasteiger partial charge in [-0.2, -0.15) is 0 Å². The van der Waals surface area contributed by atoms with E-state index in [1.165, 1.54) is 37.4 Å². The molecule has 2 aromatic rings. The summed E-state index contributed by atoms with van der Waals surface area (Å²) in [6.45, 7) is 2.97. The number of hydrogen-bond acceptors (Lipinski definition) is 12. The molecule has 47 heavy (non-hydrogen) atoms. The van der Waals surface area contributed by atoms with Gasteiger partial charge in [0, 0.05) is 41.9 Å². The van der Waals surface area contributed by atoms with Crippen LogP contribution in [-0.2, 0) is 47.6 Å². The lowest BCUT2D eigenvalue weighted by atomic mass is 9.97. The summed E-state index contributed by atoms with van der Waals surface area (Å²) in [6.07, 6.45) is -10.9. The molecule has 12 nitrogen and oxygen atoms in total. The fraction of sp³-hybridized carbons (Fsp3) is 0.393. The first-order valence-electron chi connectivity index (χ1n) is 13.0. The van der Waals surface area contributed by atoms with Crippen LogP contribution in [0.25, 0.3) is 0 Å². The lowest BCUT2D eigenvalue weighted by Gasteiger charge is -2.43. The molecule has 0 aliphatic carbocycles. The first-order chi connectivity index (χ1) is 21.8. The SMILES string of the molecule is COc1cc(Cl)c([C@@H](OC(=O)[C@H]2OC(OC(=N)C(Cl)(Cl)Cl)[C@@H](OC(C)=O)[C@@H](OC(C)=O)[C@@H]2OC(C)=O)c2ccc(Cl)cc2Cl)c(Cl)c1. The first-order valence-corrected chi connectivity index (χ1v) is 15.7. The second-order valence-corrected chi connectivity index (χ2v) is 13.5. The van der Waals surface area contributed by atoms with Gasteiger partial charge in [0.2, 0.25) is 18.3 Å². The van der Waals surface area contributed by atoms with Crippen LogP contribution in [0, 0.1) is 5.41 Å². The van der Waals surface area contributed by atoms with Crippen LogP contribution < -0.4 is 4.74 Å². The molecule has 1 N–H and O–H groups in total. The molecule has 3 rings (SSSR count). The summed E-state index contributed by atoms with van der Waals surface area (Å²) >= 11 is 43.0. The Kier molecular flexibility index (Phi) is 13.6. The maximum Gasteiger partial charge on any atom is 0.340 e. The lowest BCUT2D eigenvalue weighted by molar-refractivity contribution is -0.286. The van der Waals surface area contributed by atoms with Gasteiger partial charge in [0.1, 0.15) is 5.75 Å². The van der Waals surface area contributed by atoms with Crippen molar-refractivity contribution in [2.45, 2.75) is 61.4 Å². The summed E-state index contributed by atoms with van der Waals surface area (Å²) in [7, 11) is 1.38. The second-order valence-electron chi connectivity index (χ2n) is 9.58. The standard InChI is InChI=1S/C28H24Cl7NO11/c1-10(37)42-21-22(43-11(2)38)24(44-12(3)39)26(47-27(36)28(33,34)35)46-23(21)25(40)45-20(15-6-5-13(29)7-16(15)30)19-17(31)8-14(41-4)9-18(19)32/h5-9,20-24,26,36H,1-4H3/t20-,21-,22-,23-,24-,26?/m0/s1. The number of ether oxygens (including phenoxy) is 7. The van der Waals surface area contributed by atoms with Crippen molar-refractivity contribution >= 4 is 111 Å². The molecule has 1 fully saturated rings. The van der Waals surface area contributed by atoms with Gasteiger partial charge in [-0.1, -0.05) is 87.3 Å². The van der Waals surface area contributed by atoms with Crippen molar-refractivity contribution in [3.8, 4) is 5.75 Å². The van der Waals surface area contributed by atoms with Gasteiger partial charge in [-0.3, -0.25) is 19.8 Å². The molecule has 256 valence electrons. The lowest BCUT2D eigenvalue weighted by Crippen LogP contribution is -2.64. The van der Waals surface area contributed by atoms with Crippen molar-refractivity contribution < 1.29 is 52.3 Å². The molecule has 0 bridgehead atoms. The highest BCUT2D eigenvalue weighted by atomic mass is 35.6. The molecule has 0 aromatic heterocycles.